The minimum atomic E-state index is -1.07. The molecule has 128 valence electrons. The van der Waals surface area contributed by atoms with Crippen LogP contribution in [0, 0.1) is 0 Å². The summed E-state index contributed by atoms with van der Waals surface area (Å²) < 4.78 is 10.4. The van der Waals surface area contributed by atoms with Gasteiger partial charge in [0.25, 0.3) is 0 Å². The number of hydrogen-bond acceptors (Lipinski definition) is 5. The molecule has 0 saturated heterocycles. The molecule has 1 aromatic carbocycles. The lowest BCUT2D eigenvalue weighted by atomic mass is 10.1. The standard InChI is InChI=1S/C18H21NO5/c1-3-23-16(20)11-13(2)19(12-14-7-5-4-6-8-14)17-15(18(21)22)9-10-24-17/h4-10,13H,3,11-12H2,1-2H3,(H,21,22). The largest absolute Gasteiger partial charge is 0.477 e. The molecule has 1 unspecified atom stereocenters. The van der Waals surface area contributed by atoms with Crippen LogP contribution in [0.4, 0.5) is 5.88 Å². The van der Waals surface area contributed by atoms with Gasteiger partial charge in [-0.05, 0) is 25.5 Å². The van der Waals surface area contributed by atoms with Gasteiger partial charge in [0.2, 0.25) is 5.88 Å². The zero-order valence-corrected chi connectivity index (χ0v) is 13.8. The molecule has 0 spiro atoms. The van der Waals surface area contributed by atoms with E-state index >= 15 is 0 Å². The number of nitrogens with zero attached hydrogens (tertiary/aromatic N) is 1. The van der Waals surface area contributed by atoms with Crippen LogP contribution in [0.5, 0.6) is 0 Å². The summed E-state index contributed by atoms with van der Waals surface area (Å²) in [6.45, 7) is 4.33. The minimum absolute atomic E-state index is 0.0710. The van der Waals surface area contributed by atoms with E-state index in [-0.39, 0.29) is 29.9 Å². The third-order valence-electron chi connectivity index (χ3n) is 3.63. The van der Waals surface area contributed by atoms with Crippen LogP contribution in [-0.4, -0.2) is 29.7 Å². The Balaban J connectivity index is 2.28. The van der Waals surface area contributed by atoms with Crippen LogP contribution < -0.4 is 4.90 Å². The van der Waals surface area contributed by atoms with E-state index < -0.39 is 5.97 Å². The van der Waals surface area contributed by atoms with E-state index in [1.165, 1.54) is 12.3 Å². The number of furan rings is 1. The summed E-state index contributed by atoms with van der Waals surface area (Å²) in [4.78, 5) is 25.0. The molecule has 1 aromatic heterocycles. The van der Waals surface area contributed by atoms with Gasteiger partial charge in [0.15, 0.2) is 0 Å². The van der Waals surface area contributed by atoms with Crippen molar-refractivity contribution in [2.24, 2.45) is 0 Å². The van der Waals surface area contributed by atoms with Crippen molar-refractivity contribution in [2.75, 3.05) is 11.5 Å². The number of carboxylic acid groups (broad SMARTS) is 1. The molecule has 0 amide bonds. The highest BCUT2D eigenvalue weighted by molar-refractivity contribution is 5.93. The van der Waals surface area contributed by atoms with Gasteiger partial charge in [-0.3, -0.25) is 4.79 Å². The van der Waals surface area contributed by atoms with Crippen LogP contribution in [0.1, 0.15) is 36.2 Å². The van der Waals surface area contributed by atoms with E-state index in [1.807, 2.05) is 37.3 Å². The van der Waals surface area contributed by atoms with Crippen molar-refractivity contribution in [3.8, 4) is 0 Å². The number of aromatic carboxylic acids is 1. The van der Waals surface area contributed by atoms with E-state index in [0.717, 1.165) is 5.56 Å². The highest BCUT2D eigenvalue weighted by Gasteiger charge is 2.26. The Labute approximate surface area is 140 Å². The number of hydrogen-bond donors (Lipinski definition) is 1. The maximum Gasteiger partial charge on any atom is 0.341 e. The molecule has 0 aliphatic rings. The summed E-state index contributed by atoms with van der Waals surface area (Å²) >= 11 is 0. The molecule has 0 saturated carbocycles. The topological polar surface area (TPSA) is 80.0 Å². The zero-order chi connectivity index (χ0) is 17.5. The first kappa shape index (κ1) is 17.6. The summed E-state index contributed by atoms with van der Waals surface area (Å²) in [7, 11) is 0. The van der Waals surface area contributed by atoms with Crippen molar-refractivity contribution in [1.82, 2.24) is 0 Å². The monoisotopic (exact) mass is 331 g/mol. The van der Waals surface area contributed by atoms with Crippen molar-refractivity contribution in [2.45, 2.75) is 32.9 Å². The number of carbonyl (C=O) groups is 2. The summed E-state index contributed by atoms with van der Waals surface area (Å²) in [5, 5.41) is 9.34. The first-order valence-electron chi connectivity index (χ1n) is 7.80. The second kappa shape index (κ2) is 8.19. The number of anilines is 1. The Morgan fingerprint density at radius 3 is 2.58 bits per heavy atom. The Hall–Kier alpha value is -2.76. The van der Waals surface area contributed by atoms with Crippen molar-refractivity contribution in [3.05, 3.63) is 53.8 Å². The first-order valence-corrected chi connectivity index (χ1v) is 7.80. The number of carbonyl (C=O) groups excluding carboxylic acids is 1. The highest BCUT2D eigenvalue weighted by Crippen LogP contribution is 2.27. The van der Waals surface area contributed by atoms with E-state index in [0.29, 0.717) is 13.2 Å². The summed E-state index contributed by atoms with van der Waals surface area (Å²) in [5.74, 6) is -1.16. The van der Waals surface area contributed by atoms with Crippen molar-refractivity contribution in [3.63, 3.8) is 0 Å². The van der Waals surface area contributed by atoms with Crippen LogP contribution in [0.25, 0.3) is 0 Å². The first-order chi connectivity index (χ1) is 11.5. The molecule has 1 heterocycles. The number of ether oxygens (including phenoxy) is 1. The fourth-order valence-corrected chi connectivity index (χ4v) is 2.47. The molecule has 24 heavy (non-hydrogen) atoms. The van der Waals surface area contributed by atoms with E-state index in [1.54, 1.807) is 11.8 Å². The molecular formula is C18H21NO5. The number of rotatable bonds is 8. The normalized spacial score (nSPS) is 11.8. The van der Waals surface area contributed by atoms with Gasteiger partial charge < -0.3 is 19.2 Å². The Morgan fingerprint density at radius 1 is 1.25 bits per heavy atom. The molecule has 0 fully saturated rings. The Kier molecular flexibility index (Phi) is 6.01. The quantitative estimate of drug-likeness (QED) is 0.747. The predicted molar refractivity (Wildman–Crippen MR) is 89.0 cm³/mol. The molecule has 6 heteroatoms. The van der Waals surface area contributed by atoms with Crippen LogP contribution in [0.3, 0.4) is 0 Å². The van der Waals surface area contributed by atoms with Crippen LogP contribution in [0.15, 0.2) is 47.1 Å². The summed E-state index contributed by atoms with van der Waals surface area (Å²) in [6.07, 6.45) is 1.48. The average Bonchev–Trinajstić information content (AvgIpc) is 3.03. The Bertz CT molecular complexity index is 680. The lowest BCUT2D eigenvalue weighted by Crippen LogP contribution is -2.35. The van der Waals surface area contributed by atoms with Crippen LogP contribution in [-0.2, 0) is 16.1 Å². The second-order valence-corrected chi connectivity index (χ2v) is 5.42. The molecule has 2 rings (SSSR count). The minimum Gasteiger partial charge on any atom is -0.477 e. The summed E-state index contributed by atoms with van der Waals surface area (Å²) in [5.41, 5.74) is 1.06. The molecule has 0 radical (unpaired) electrons. The predicted octanol–water partition coefficient (Wildman–Crippen LogP) is 3.33. The van der Waals surface area contributed by atoms with Gasteiger partial charge in [0.1, 0.15) is 5.56 Å². The van der Waals surface area contributed by atoms with Gasteiger partial charge in [0.05, 0.1) is 19.3 Å². The van der Waals surface area contributed by atoms with Gasteiger partial charge in [-0.15, -0.1) is 0 Å². The molecule has 1 atom stereocenters. The molecule has 2 aromatic rings. The number of benzene rings is 1. The fraction of sp³-hybridized carbons (Fsp3) is 0.333. The smallest absolute Gasteiger partial charge is 0.341 e. The lowest BCUT2D eigenvalue weighted by molar-refractivity contribution is -0.143. The van der Waals surface area contributed by atoms with Crippen molar-refractivity contribution in [1.29, 1.82) is 0 Å². The molecular weight excluding hydrogens is 310 g/mol. The molecule has 0 aliphatic heterocycles. The number of esters is 1. The average molecular weight is 331 g/mol. The lowest BCUT2D eigenvalue weighted by Gasteiger charge is -2.29. The molecule has 0 aliphatic carbocycles. The zero-order valence-electron chi connectivity index (χ0n) is 13.8. The molecule has 1 N–H and O–H groups in total. The molecule has 0 bridgehead atoms. The second-order valence-electron chi connectivity index (χ2n) is 5.42. The van der Waals surface area contributed by atoms with Crippen LogP contribution >= 0.6 is 0 Å². The van der Waals surface area contributed by atoms with E-state index in [4.69, 9.17) is 9.15 Å². The van der Waals surface area contributed by atoms with Gasteiger partial charge >= 0.3 is 11.9 Å². The maximum atomic E-state index is 11.8. The van der Waals surface area contributed by atoms with Crippen LogP contribution in [0.2, 0.25) is 0 Å². The SMILES string of the molecule is CCOC(=O)CC(C)N(Cc1ccccc1)c1occc1C(=O)O. The summed E-state index contributed by atoms with van der Waals surface area (Å²) in [6, 6.07) is 10.7. The number of carboxylic acids is 1. The van der Waals surface area contributed by atoms with E-state index in [9.17, 15) is 14.7 Å². The third kappa shape index (κ3) is 4.38. The maximum absolute atomic E-state index is 11.8. The van der Waals surface area contributed by atoms with Crippen molar-refractivity contribution >= 4 is 17.8 Å². The van der Waals surface area contributed by atoms with Gasteiger partial charge in [0, 0.05) is 12.6 Å². The Morgan fingerprint density at radius 2 is 1.96 bits per heavy atom. The highest BCUT2D eigenvalue weighted by atomic mass is 16.5. The third-order valence-corrected chi connectivity index (χ3v) is 3.63. The van der Waals surface area contributed by atoms with Gasteiger partial charge in [-0.1, -0.05) is 30.3 Å². The van der Waals surface area contributed by atoms with Gasteiger partial charge in [-0.25, -0.2) is 4.79 Å². The van der Waals surface area contributed by atoms with E-state index in [2.05, 4.69) is 0 Å². The molecule has 6 nitrogen and oxygen atoms in total. The van der Waals surface area contributed by atoms with Gasteiger partial charge in [-0.2, -0.15) is 0 Å². The fourth-order valence-electron chi connectivity index (χ4n) is 2.47. The van der Waals surface area contributed by atoms with Crippen molar-refractivity contribution < 1.29 is 23.8 Å².